The van der Waals surface area contributed by atoms with Crippen molar-refractivity contribution in [2.24, 2.45) is 5.10 Å². The number of rotatable bonds is 5. The van der Waals surface area contributed by atoms with E-state index in [2.05, 4.69) is 10.4 Å². The van der Waals surface area contributed by atoms with E-state index in [1.165, 1.54) is 23.2 Å². The first-order valence-electron chi connectivity index (χ1n) is 9.14. The van der Waals surface area contributed by atoms with Gasteiger partial charge in [0.25, 0.3) is 11.8 Å². The van der Waals surface area contributed by atoms with Crippen LogP contribution in [0.15, 0.2) is 77.2 Å². The molecule has 0 radical (unpaired) electrons. The summed E-state index contributed by atoms with van der Waals surface area (Å²) < 4.78 is 13.8. The highest BCUT2D eigenvalue weighted by Gasteiger charge is 2.33. The molecule has 2 aromatic carbocycles. The van der Waals surface area contributed by atoms with Crippen LogP contribution in [0.1, 0.15) is 33.3 Å². The Bertz CT molecular complexity index is 1050. The van der Waals surface area contributed by atoms with Crippen molar-refractivity contribution in [2.75, 3.05) is 6.54 Å². The van der Waals surface area contributed by atoms with Crippen molar-refractivity contribution < 1.29 is 14.0 Å². The van der Waals surface area contributed by atoms with Crippen molar-refractivity contribution >= 4 is 28.9 Å². The number of hydrazone groups is 1. The number of nitrogens with one attached hydrogen (secondary N) is 1. The highest BCUT2D eigenvalue weighted by Crippen LogP contribution is 2.33. The number of amides is 2. The lowest BCUT2D eigenvalue weighted by atomic mass is 10.0. The third kappa shape index (κ3) is 4.09. The second kappa shape index (κ2) is 8.36. The van der Waals surface area contributed by atoms with E-state index < -0.39 is 11.7 Å². The Labute approximate surface area is 171 Å². The minimum absolute atomic E-state index is 0.0934. The van der Waals surface area contributed by atoms with E-state index in [-0.39, 0.29) is 24.1 Å². The predicted octanol–water partition coefficient (Wildman–Crippen LogP) is 3.99. The highest BCUT2D eigenvalue weighted by molar-refractivity contribution is 7.12. The normalized spacial score (nSPS) is 15.8. The summed E-state index contributed by atoms with van der Waals surface area (Å²) in [5.74, 6) is -1.61. The van der Waals surface area contributed by atoms with Gasteiger partial charge in [0.05, 0.1) is 28.7 Å². The predicted molar refractivity (Wildman–Crippen MR) is 110 cm³/mol. The Morgan fingerprint density at radius 1 is 1.07 bits per heavy atom. The van der Waals surface area contributed by atoms with Gasteiger partial charge in [-0.2, -0.15) is 5.10 Å². The van der Waals surface area contributed by atoms with Gasteiger partial charge in [0.1, 0.15) is 5.82 Å². The van der Waals surface area contributed by atoms with Gasteiger partial charge in [-0.3, -0.25) is 9.59 Å². The molecule has 1 atom stereocenters. The van der Waals surface area contributed by atoms with Crippen LogP contribution in [0.3, 0.4) is 0 Å². The Balaban J connectivity index is 1.52. The third-order valence-electron chi connectivity index (χ3n) is 4.67. The van der Waals surface area contributed by atoms with E-state index in [9.17, 15) is 14.0 Å². The summed E-state index contributed by atoms with van der Waals surface area (Å²) in [6.45, 7) is -0.266. The van der Waals surface area contributed by atoms with Crippen molar-refractivity contribution in [1.29, 1.82) is 0 Å². The maximum absolute atomic E-state index is 13.8. The molecule has 0 aliphatic carbocycles. The fourth-order valence-corrected chi connectivity index (χ4v) is 3.97. The Morgan fingerprint density at radius 2 is 1.83 bits per heavy atom. The van der Waals surface area contributed by atoms with Crippen LogP contribution in [-0.4, -0.2) is 29.1 Å². The number of benzene rings is 2. The molecule has 1 aliphatic heterocycles. The van der Waals surface area contributed by atoms with E-state index in [0.29, 0.717) is 6.42 Å². The van der Waals surface area contributed by atoms with Crippen LogP contribution in [-0.2, 0) is 4.79 Å². The van der Waals surface area contributed by atoms with Gasteiger partial charge in [-0.15, -0.1) is 11.3 Å². The zero-order valence-corrected chi connectivity index (χ0v) is 16.2. The van der Waals surface area contributed by atoms with Crippen molar-refractivity contribution in [3.8, 4) is 0 Å². The zero-order chi connectivity index (χ0) is 20.2. The molecule has 0 bridgehead atoms. The quantitative estimate of drug-likeness (QED) is 0.695. The van der Waals surface area contributed by atoms with Crippen LogP contribution in [0.4, 0.5) is 4.39 Å². The summed E-state index contributed by atoms with van der Waals surface area (Å²) in [6.07, 6.45) is 0.595. The van der Waals surface area contributed by atoms with Crippen molar-refractivity contribution in [3.05, 3.63) is 93.9 Å². The summed E-state index contributed by atoms with van der Waals surface area (Å²) >= 11 is 1.57. The second-order valence-electron chi connectivity index (χ2n) is 6.56. The lowest BCUT2D eigenvalue weighted by Crippen LogP contribution is -2.38. The van der Waals surface area contributed by atoms with Crippen LogP contribution < -0.4 is 5.32 Å². The molecule has 0 saturated heterocycles. The number of carbonyl (C=O) groups is 2. The van der Waals surface area contributed by atoms with Crippen LogP contribution in [0.2, 0.25) is 0 Å². The summed E-state index contributed by atoms with van der Waals surface area (Å²) in [5.41, 5.74) is 1.71. The van der Waals surface area contributed by atoms with Crippen molar-refractivity contribution in [3.63, 3.8) is 0 Å². The number of nitrogens with zero attached hydrogens (tertiary/aromatic N) is 2. The van der Waals surface area contributed by atoms with Crippen LogP contribution in [0.5, 0.6) is 0 Å². The second-order valence-corrected chi connectivity index (χ2v) is 7.50. The zero-order valence-electron chi connectivity index (χ0n) is 15.4. The van der Waals surface area contributed by atoms with Gasteiger partial charge in [0, 0.05) is 6.42 Å². The summed E-state index contributed by atoms with van der Waals surface area (Å²) in [4.78, 5) is 26.1. The van der Waals surface area contributed by atoms with Crippen LogP contribution in [0, 0.1) is 5.82 Å². The standard InChI is InChI=1S/C22H18FN3O2S/c23-17-10-5-4-9-16(17)22(28)24-14-21(27)26-19(15-7-2-1-3-8-15)13-18(25-26)20-11-6-12-29-20/h1-12,19H,13-14H2,(H,24,28)/t19-/m1/s1. The van der Waals surface area contributed by atoms with Crippen LogP contribution >= 0.6 is 11.3 Å². The number of thiophene rings is 1. The smallest absolute Gasteiger partial charge is 0.262 e. The first kappa shape index (κ1) is 19.0. The van der Waals surface area contributed by atoms with Gasteiger partial charge in [-0.05, 0) is 29.1 Å². The molecule has 146 valence electrons. The van der Waals surface area contributed by atoms with Gasteiger partial charge in [0.15, 0.2) is 0 Å². The first-order chi connectivity index (χ1) is 14.1. The van der Waals surface area contributed by atoms with Gasteiger partial charge >= 0.3 is 0 Å². The summed E-state index contributed by atoms with van der Waals surface area (Å²) in [7, 11) is 0. The molecule has 0 fully saturated rings. The number of hydrogen-bond donors (Lipinski definition) is 1. The molecule has 5 nitrogen and oxygen atoms in total. The van der Waals surface area contributed by atoms with Gasteiger partial charge in [0.2, 0.25) is 0 Å². The molecular formula is C22H18FN3O2S. The average molecular weight is 407 g/mol. The van der Waals surface area contributed by atoms with Crippen molar-refractivity contribution in [1.82, 2.24) is 10.3 Å². The molecule has 0 spiro atoms. The Hall–Kier alpha value is -3.32. The molecular weight excluding hydrogens is 389 g/mol. The van der Waals surface area contributed by atoms with E-state index in [1.54, 1.807) is 17.4 Å². The van der Waals surface area contributed by atoms with E-state index in [1.807, 2.05) is 47.8 Å². The van der Waals surface area contributed by atoms with E-state index in [4.69, 9.17) is 0 Å². The maximum atomic E-state index is 13.8. The molecule has 3 aromatic rings. The lowest BCUT2D eigenvalue weighted by Gasteiger charge is -2.22. The molecule has 29 heavy (non-hydrogen) atoms. The Morgan fingerprint density at radius 3 is 2.55 bits per heavy atom. The van der Waals surface area contributed by atoms with E-state index in [0.717, 1.165) is 16.2 Å². The summed E-state index contributed by atoms with van der Waals surface area (Å²) in [5, 5.41) is 10.4. The van der Waals surface area contributed by atoms with E-state index >= 15 is 0 Å². The van der Waals surface area contributed by atoms with Gasteiger partial charge < -0.3 is 5.32 Å². The minimum Gasteiger partial charge on any atom is -0.343 e. The fraction of sp³-hybridized carbons (Fsp3) is 0.136. The van der Waals surface area contributed by atoms with Crippen LogP contribution in [0.25, 0.3) is 0 Å². The highest BCUT2D eigenvalue weighted by atomic mass is 32.1. The number of carbonyl (C=O) groups excluding carboxylic acids is 2. The van der Waals surface area contributed by atoms with Crippen molar-refractivity contribution in [2.45, 2.75) is 12.5 Å². The molecule has 2 amide bonds. The molecule has 4 rings (SSSR count). The fourth-order valence-electron chi connectivity index (χ4n) is 3.24. The topological polar surface area (TPSA) is 61.8 Å². The monoisotopic (exact) mass is 407 g/mol. The first-order valence-corrected chi connectivity index (χ1v) is 10.0. The number of hydrogen-bond acceptors (Lipinski definition) is 4. The lowest BCUT2D eigenvalue weighted by molar-refractivity contribution is -0.131. The molecule has 2 heterocycles. The average Bonchev–Trinajstić information content (AvgIpc) is 3.42. The molecule has 1 N–H and O–H groups in total. The van der Waals surface area contributed by atoms with Gasteiger partial charge in [-0.1, -0.05) is 48.5 Å². The maximum Gasteiger partial charge on any atom is 0.262 e. The minimum atomic E-state index is -0.630. The molecule has 1 aromatic heterocycles. The SMILES string of the molecule is O=C(NCC(=O)N1N=C(c2cccs2)C[C@@H]1c1ccccc1)c1ccccc1F. The number of halogens is 1. The molecule has 7 heteroatoms. The summed E-state index contributed by atoms with van der Waals surface area (Å²) in [6, 6.07) is 19.0. The molecule has 0 saturated carbocycles. The third-order valence-corrected chi connectivity index (χ3v) is 5.59. The Kier molecular flexibility index (Phi) is 5.48. The van der Waals surface area contributed by atoms with Gasteiger partial charge in [-0.25, -0.2) is 9.40 Å². The molecule has 0 unspecified atom stereocenters. The largest absolute Gasteiger partial charge is 0.343 e. The molecule has 1 aliphatic rings.